The number of aromatic nitrogens is 3. The van der Waals surface area contributed by atoms with Crippen LogP contribution in [0.1, 0.15) is 78.7 Å². The number of nitrogens with zero attached hydrogens (tertiary/aromatic N) is 3. The van der Waals surface area contributed by atoms with Crippen LogP contribution in [0, 0.1) is 0 Å². The summed E-state index contributed by atoms with van der Waals surface area (Å²) in [7, 11) is 0. The molecule has 0 saturated heterocycles. The van der Waals surface area contributed by atoms with Crippen molar-refractivity contribution in [2.75, 3.05) is 26.4 Å². The van der Waals surface area contributed by atoms with Crippen molar-refractivity contribution in [3.63, 3.8) is 0 Å². The Labute approximate surface area is 253 Å². The first kappa shape index (κ1) is 38.3. The monoisotopic (exact) mass is 598 g/mol. The van der Waals surface area contributed by atoms with Gasteiger partial charge in [0.2, 0.25) is 0 Å². The molecule has 1 atom stereocenters. The molecule has 2 N–H and O–H groups in total. The highest BCUT2D eigenvalue weighted by Crippen LogP contribution is 1.99. The van der Waals surface area contributed by atoms with Crippen LogP contribution < -0.4 is 5.73 Å². The number of pyridine rings is 3. The van der Waals surface area contributed by atoms with Crippen molar-refractivity contribution in [1.29, 1.82) is 0 Å². The molecule has 0 unspecified atom stereocenters. The summed E-state index contributed by atoms with van der Waals surface area (Å²) >= 11 is 0. The Balaban J connectivity index is 0.000000548. The Morgan fingerprint density at radius 1 is 0.674 bits per heavy atom. The molecule has 234 valence electrons. The predicted molar refractivity (Wildman–Crippen MR) is 160 cm³/mol. The van der Waals surface area contributed by atoms with Gasteiger partial charge in [-0.15, -0.1) is 0 Å². The molecular weight excluding hydrogens is 556 g/mol. The number of nitrogens with two attached hydrogens (primary N) is 1. The number of rotatable bonds is 10. The van der Waals surface area contributed by atoms with E-state index in [0.717, 1.165) is 6.42 Å². The second-order valence-electron chi connectivity index (χ2n) is 8.04. The minimum atomic E-state index is -0.438. The minimum Gasteiger partial charge on any atom is -0.465 e. The lowest BCUT2D eigenvalue weighted by molar-refractivity contribution is -0.145. The van der Waals surface area contributed by atoms with Gasteiger partial charge in [0.05, 0.1) is 37.6 Å². The van der Waals surface area contributed by atoms with Crippen LogP contribution in [0.5, 0.6) is 0 Å². The van der Waals surface area contributed by atoms with E-state index in [0.29, 0.717) is 49.7 Å². The molecular formula is C31H42N4O8. The lowest BCUT2D eigenvalue weighted by Crippen LogP contribution is -2.31. The van der Waals surface area contributed by atoms with E-state index >= 15 is 0 Å². The first-order valence-corrected chi connectivity index (χ1v) is 13.9. The smallest absolute Gasteiger partial charge is 0.356 e. The van der Waals surface area contributed by atoms with Gasteiger partial charge in [0, 0.05) is 31.0 Å². The van der Waals surface area contributed by atoms with E-state index in [1.54, 1.807) is 88.0 Å². The molecule has 3 rings (SSSR count). The first-order chi connectivity index (χ1) is 20.7. The number of esters is 4. The summed E-state index contributed by atoms with van der Waals surface area (Å²) in [6, 6.07) is 11.3. The summed E-state index contributed by atoms with van der Waals surface area (Å²) in [6.45, 7) is 10.8. The fourth-order valence-electron chi connectivity index (χ4n) is 2.57. The predicted octanol–water partition coefficient (Wildman–Crippen LogP) is 4.45. The van der Waals surface area contributed by atoms with E-state index in [-0.39, 0.29) is 23.9 Å². The van der Waals surface area contributed by atoms with E-state index in [4.69, 9.17) is 24.7 Å². The molecule has 3 aromatic rings. The molecule has 0 bridgehead atoms. The zero-order valence-electron chi connectivity index (χ0n) is 25.4. The molecule has 0 aliphatic rings. The average Bonchev–Trinajstić information content (AvgIpc) is 3.05. The van der Waals surface area contributed by atoms with Gasteiger partial charge in [0.1, 0.15) is 11.7 Å². The van der Waals surface area contributed by atoms with Crippen LogP contribution in [-0.4, -0.2) is 71.3 Å². The molecule has 12 heteroatoms. The van der Waals surface area contributed by atoms with E-state index in [1.807, 2.05) is 13.8 Å². The highest BCUT2D eigenvalue weighted by atomic mass is 16.5. The van der Waals surface area contributed by atoms with Crippen LogP contribution in [0.4, 0.5) is 0 Å². The molecule has 3 aromatic heterocycles. The van der Waals surface area contributed by atoms with E-state index in [2.05, 4.69) is 15.0 Å². The summed E-state index contributed by atoms with van der Waals surface area (Å²) < 4.78 is 19.0. The Morgan fingerprint density at radius 2 is 1.28 bits per heavy atom. The lowest BCUT2D eigenvalue weighted by Gasteiger charge is -2.07. The molecule has 0 spiro atoms. The van der Waals surface area contributed by atoms with E-state index < -0.39 is 6.04 Å². The van der Waals surface area contributed by atoms with Crippen molar-refractivity contribution in [3.05, 3.63) is 90.3 Å². The molecule has 43 heavy (non-hydrogen) atoms. The van der Waals surface area contributed by atoms with Gasteiger partial charge in [0.15, 0.2) is 0 Å². The second-order valence-corrected chi connectivity index (χ2v) is 8.04. The van der Waals surface area contributed by atoms with Gasteiger partial charge in [0.25, 0.3) is 0 Å². The average molecular weight is 599 g/mol. The van der Waals surface area contributed by atoms with Gasteiger partial charge >= 0.3 is 23.9 Å². The van der Waals surface area contributed by atoms with E-state index in [1.165, 1.54) is 6.20 Å². The number of ether oxygens (including phenoxy) is 4. The minimum absolute atomic E-state index is 0.288. The van der Waals surface area contributed by atoms with Crippen LogP contribution in [0.15, 0.2) is 73.4 Å². The maximum atomic E-state index is 11.0. The summed E-state index contributed by atoms with van der Waals surface area (Å²) in [6.07, 6.45) is 9.27. The van der Waals surface area contributed by atoms with Crippen LogP contribution in [0.2, 0.25) is 0 Å². The highest BCUT2D eigenvalue weighted by Gasteiger charge is 2.10. The van der Waals surface area contributed by atoms with Crippen LogP contribution in [-0.2, 0) is 23.7 Å². The van der Waals surface area contributed by atoms with Gasteiger partial charge in [-0.3, -0.25) is 14.8 Å². The number of hydrogen-bond donors (Lipinski definition) is 1. The van der Waals surface area contributed by atoms with Crippen LogP contribution in [0.25, 0.3) is 0 Å². The van der Waals surface area contributed by atoms with Gasteiger partial charge in [-0.2, -0.15) is 0 Å². The molecule has 0 aliphatic carbocycles. The van der Waals surface area contributed by atoms with Gasteiger partial charge in [-0.05, 0) is 70.0 Å². The van der Waals surface area contributed by atoms with Crippen LogP contribution in [0.3, 0.4) is 0 Å². The molecule has 0 aliphatic heterocycles. The molecule has 0 amide bonds. The third-order valence-electron chi connectivity index (χ3n) is 4.70. The number of hydrogen-bond acceptors (Lipinski definition) is 12. The van der Waals surface area contributed by atoms with Crippen molar-refractivity contribution in [2.45, 2.75) is 53.5 Å². The van der Waals surface area contributed by atoms with Crippen molar-refractivity contribution >= 4 is 23.9 Å². The quantitative estimate of drug-likeness (QED) is 0.257. The van der Waals surface area contributed by atoms with Crippen molar-refractivity contribution in [2.24, 2.45) is 5.73 Å². The van der Waals surface area contributed by atoms with Crippen molar-refractivity contribution in [1.82, 2.24) is 15.0 Å². The van der Waals surface area contributed by atoms with Gasteiger partial charge in [-0.25, -0.2) is 19.4 Å². The van der Waals surface area contributed by atoms with Crippen molar-refractivity contribution < 1.29 is 38.1 Å². The summed E-state index contributed by atoms with van der Waals surface area (Å²) in [5.41, 5.74) is 6.78. The van der Waals surface area contributed by atoms with Gasteiger partial charge in [-0.1, -0.05) is 19.9 Å². The molecule has 0 fully saturated rings. The fraction of sp³-hybridized carbons (Fsp3) is 0.387. The van der Waals surface area contributed by atoms with E-state index in [9.17, 15) is 19.2 Å². The van der Waals surface area contributed by atoms with Gasteiger partial charge < -0.3 is 24.7 Å². The number of carbonyl (C=O) groups excluding carboxylic acids is 4. The molecule has 12 nitrogen and oxygen atoms in total. The van der Waals surface area contributed by atoms with Crippen molar-refractivity contribution in [3.8, 4) is 0 Å². The zero-order valence-corrected chi connectivity index (χ0v) is 25.4. The number of carbonyl (C=O) groups is 4. The maximum Gasteiger partial charge on any atom is 0.356 e. The Kier molecular flexibility index (Phi) is 22.3. The Morgan fingerprint density at radius 3 is 1.77 bits per heavy atom. The SMILES string of the molecule is CCCOC(=O)[C@@H](N)CC.CCOC(=O)c1ccccn1.CCOC(=O)c1cccnc1.CCOC(=O)c1ccncc1. The Hall–Kier alpha value is -4.71. The summed E-state index contributed by atoms with van der Waals surface area (Å²) in [5, 5.41) is 0. The normalized spacial score (nSPS) is 10.0. The molecule has 0 aromatic carbocycles. The third-order valence-corrected chi connectivity index (χ3v) is 4.70. The third kappa shape index (κ3) is 18.4. The maximum absolute atomic E-state index is 11.0. The Bertz CT molecular complexity index is 1040. The summed E-state index contributed by atoms with van der Waals surface area (Å²) in [4.78, 5) is 55.1. The zero-order chi connectivity index (χ0) is 32.3. The summed E-state index contributed by atoms with van der Waals surface area (Å²) in [5.74, 6) is -1.27. The second kappa shape index (κ2) is 25.0. The highest BCUT2D eigenvalue weighted by molar-refractivity contribution is 5.89. The first-order valence-electron chi connectivity index (χ1n) is 13.9. The topological polar surface area (TPSA) is 170 Å². The molecule has 0 radical (unpaired) electrons. The fourth-order valence-corrected chi connectivity index (χ4v) is 2.57. The molecule has 3 heterocycles. The largest absolute Gasteiger partial charge is 0.465 e. The lowest BCUT2D eigenvalue weighted by atomic mass is 10.2. The van der Waals surface area contributed by atoms with Crippen LogP contribution >= 0.6 is 0 Å². The molecule has 0 saturated carbocycles. The standard InChI is InChI=1S/3C8H9NO2.C7H15NO2/c1-2-11-8(10)7-3-5-9-6-4-7;1-2-11-8(10)7-4-3-5-9-6-7;1-2-11-8(10)7-5-3-4-6-9-7;1-3-5-10-7(9)6(8)4-2/h3*3-6H,2H2,1H3;6H,3-5,8H2,1-2H3/t;;;6-/m...0/s1.